The van der Waals surface area contributed by atoms with Crippen LogP contribution in [0, 0.1) is 10.1 Å². The average Bonchev–Trinajstić information content (AvgIpc) is 2.40. The van der Waals surface area contributed by atoms with Crippen molar-refractivity contribution >= 4 is 44.8 Å². The van der Waals surface area contributed by atoms with E-state index in [2.05, 4.69) is 26.2 Å². The molecule has 2 aromatic rings. The summed E-state index contributed by atoms with van der Waals surface area (Å²) in [6, 6.07) is 7.05. The number of hydrogen-bond donors (Lipinski definition) is 1. The summed E-state index contributed by atoms with van der Waals surface area (Å²) in [6.45, 7) is 0. The molecule has 1 amide bonds. The van der Waals surface area contributed by atoms with Crippen molar-refractivity contribution in [2.24, 2.45) is 0 Å². The minimum atomic E-state index is -0.635. The van der Waals surface area contributed by atoms with Gasteiger partial charge in [0.05, 0.1) is 10.6 Å². The summed E-state index contributed by atoms with van der Waals surface area (Å²) in [6.07, 6.45) is 1.54. The number of carbonyl (C=O) groups is 1. The van der Waals surface area contributed by atoms with E-state index in [1.807, 2.05) is 0 Å². The van der Waals surface area contributed by atoms with Crippen molar-refractivity contribution in [1.29, 1.82) is 0 Å². The molecule has 0 saturated heterocycles. The largest absolute Gasteiger partial charge is 0.319 e. The van der Waals surface area contributed by atoms with Crippen LogP contribution in [0.3, 0.4) is 0 Å². The topological polar surface area (TPSA) is 85.1 Å². The number of nitrogens with zero attached hydrogens (tertiary/aromatic N) is 2. The number of pyridine rings is 1. The van der Waals surface area contributed by atoms with E-state index in [0.717, 1.165) is 0 Å². The van der Waals surface area contributed by atoms with Gasteiger partial charge in [-0.05, 0) is 40.2 Å². The quantitative estimate of drug-likeness (QED) is 0.516. The van der Waals surface area contributed by atoms with Crippen molar-refractivity contribution in [2.75, 3.05) is 5.32 Å². The van der Waals surface area contributed by atoms with Crippen molar-refractivity contribution in [3.63, 3.8) is 0 Å². The van der Waals surface area contributed by atoms with Gasteiger partial charge >= 0.3 is 0 Å². The fraction of sp³-hybridized carbons (Fsp3) is 0. The molecular weight excluding hydrogens is 350 g/mol. The van der Waals surface area contributed by atoms with E-state index in [1.165, 1.54) is 18.2 Å². The highest BCUT2D eigenvalue weighted by molar-refractivity contribution is 9.10. The lowest BCUT2D eigenvalue weighted by Gasteiger charge is -2.07. The van der Waals surface area contributed by atoms with Crippen LogP contribution in [-0.4, -0.2) is 15.8 Å². The molecule has 0 aliphatic rings. The van der Waals surface area contributed by atoms with Gasteiger partial charge in [-0.15, -0.1) is 0 Å². The van der Waals surface area contributed by atoms with Gasteiger partial charge in [-0.25, -0.2) is 4.98 Å². The summed E-state index contributed by atoms with van der Waals surface area (Å²) in [5, 5.41) is 13.7. The Morgan fingerprint density at radius 3 is 2.80 bits per heavy atom. The number of anilines is 1. The molecule has 0 radical (unpaired) electrons. The third-order valence-electron chi connectivity index (χ3n) is 2.41. The number of carbonyl (C=O) groups excluding carboxylic acids is 1. The first kappa shape index (κ1) is 14.4. The summed E-state index contributed by atoms with van der Waals surface area (Å²) >= 11 is 8.95. The minimum Gasteiger partial charge on any atom is -0.319 e. The Labute approximate surface area is 127 Å². The number of benzene rings is 1. The van der Waals surface area contributed by atoms with Gasteiger partial charge < -0.3 is 5.32 Å². The Bertz CT molecular complexity index is 693. The number of halogens is 2. The monoisotopic (exact) mass is 355 g/mol. The molecule has 0 fully saturated rings. The van der Waals surface area contributed by atoms with Crippen LogP contribution in [0.4, 0.5) is 11.4 Å². The lowest BCUT2D eigenvalue weighted by atomic mass is 10.1. The van der Waals surface area contributed by atoms with Crippen LogP contribution in [-0.2, 0) is 0 Å². The Morgan fingerprint density at radius 2 is 2.15 bits per heavy atom. The predicted octanol–water partition coefficient (Wildman–Crippen LogP) is 3.66. The van der Waals surface area contributed by atoms with Crippen molar-refractivity contribution in [3.05, 3.63) is 61.8 Å². The van der Waals surface area contributed by atoms with Gasteiger partial charge in [-0.2, -0.15) is 0 Å². The Kier molecular flexibility index (Phi) is 4.31. The number of nitro groups is 1. The SMILES string of the molecule is O=C(Nc1cccnc1Br)c1cc(Cl)ccc1[N+](=O)[O-]. The summed E-state index contributed by atoms with van der Waals surface area (Å²) in [5.74, 6) is -0.632. The third-order valence-corrected chi connectivity index (χ3v) is 3.27. The molecule has 2 rings (SSSR count). The van der Waals surface area contributed by atoms with Crippen molar-refractivity contribution in [1.82, 2.24) is 4.98 Å². The fourth-order valence-electron chi connectivity index (χ4n) is 1.52. The van der Waals surface area contributed by atoms with E-state index in [-0.39, 0.29) is 16.3 Å². The third kappa shape index (κ3) is 3.12. The zero-order chi connectivity index (χ0) is 14.7. The van der Waals surface area contributed by atoms with Gasteiger partial charge in [0.25, 0.3) is 11.6 Å². The van der Waals surface area contributed by atoms with E-state index in [9.17, 15) is 14.9 Å². The van der Waals surface area contributed by atoms with Gasteiger partial charge in [0.1, 0.15) is 10.2 Å². The predicted molar refractivity (Wildman–Crippen MR) is 78.0 cm³/mol. The minimum absolute atomic E-state index is 0.113. The Balaban J connectivity index is 2.37. The highest BCUT2D eigenvalue weighted by Crippen LogP contribution is 2.25. The second kappa shape index (κ2) is 5.98. The highest BCUT2D eigenvalue weighted by atomic mass is 79.9. The van der Waals surface area contributed by atoms with E-state index in [1.54, 1.807) is 18.3 Å². The number of amides is 1. The summed E-state index contributed by atoms with van der Waals surface area (Å²) in [4.78, 5) is 26.3. The van der Waals surface area contributed by atoms with Gasteiger partial charge in [0, 0.05) is 17.3 Å². The molecule has 0 aliphatic heterocycles. The lowest BCUT2D eigenvalue weighted by Crippen LogP contribution is -2.14. The van der Waals surface area contributed by atoms with E-state index >= 15 is 0 Å². The van der Waals surface area contributed by atoms with Crippen LogP contribution in [0.15, 0.2) is 41.1 Å². The van der Waals surface area contributed by atoms with E-state index in [0.29, 0.717) is 10.3 Å². The molecule has 1 heterocycles. The van der Waals surface area contributed by atoms with Gasteiger partial charge in [-0.1, -0.05) is 11.6 Å². The molecule has 0 unspecified atom stereocenters. The first-order valence-corrected chi connectivity index (χ1v) is 6.52. The smallest absolute Gasteiger partial charge is 0.282 e. The maximum Gasteiger partial charge on any atom is 0.282 e. The van der Waals surface area contributed by atoms with E-state index in [4.69, 9.17) is 11.6 Å². The summed E-state index contributed by atoms with van der Waals surface area (Å²) in [5.41, 5.74) is -0.0167. The number of nitrogens with one attached hydrogen (secondary N) is 1. The normalized spacial score (nSPS) is 10.1. The average molecular weight is 357 g/mol. The maximum absolute atomic E-state index is 12.1. The molecule has 1 N–H and O–H groups in total. The molecule has 1 aromatic carbocycles. The number of rotatable bonds is 3. The van der Waals surface area contributed by atoms with Gasteiger partial charge in [-0.3, -0.25) is 14.9 Å². The molecule has 6 nitrogen and oxygen atoms in total. The standard InChI is InChI=1S/C12H7BrClN3O3/c13-11-9(2-1-5-15-11)16-12(18)8-6-7(14)3-4-10(8)17(19)20/h1-6H,(H,16,18). The Hall–Kier alpha value is -1.99. The molecule has 0 atom stereocenters. The van der Waals surface area contributed by atoms with Crippen LogP contribution in [0.1, 0.15) is 10.4 Å². The van der Waals surface area contributed by atoms with Crippen LogP contribution in [0.2, 0.25) is 5.02 Å². The molecule has 0 saturated carbocycles. The van der Waals surface area contributed by atoms with Crippen molar-refractivity contribution < 1.29 is 9.72 Å². The van der Waals surface area contributed by atoms with Crippen molar-refractivity contribution in [2.45, 2.75) is 0 Å². The van der Waals surface area contributed by atoms with Crippen molar-refractivity contribution in [3.8, 4) is 0 Å². The zero-order valence-corrected chi connectivity index (χ0v) is 12.2. The summed E-state index contributed by atoms with van der Waals surface area (Å²) < 4.78 is 0.429. The highest BCUT2D eigenvalue weighted by Gasteiger charge is 2.21. The first-order valence-electron chi connectivity index (χ1n) is 5.35. The second-order valence-corrected chi connectivity index (χ2v) is 4.90. The number of aromatic nitrogens is 1. The number of hydrogen-bond acceptors (Lipinski definition) is 4. The molecular formula is C12H7BrClN3O3. The van der Waals surface area contributed by atoms with Crippen LogP contribution < -0.4 is 5.32 Å². The molecule has 0 spiro atoms. The second-order valence-electron chi connectivity index (χ2n) is 3.71. The van der Waals surface area contributed by atoms with Gasteiger partial charge in [0.2, 0.25) is 0 Å². The Morgan fingerprint density at radius 1 is 1.40 bits per heavy atom. The summed E-state index contributed by atoms with van der Waals surface area (Å²) in [7, 11) is 0. The number of nitro benzene ring substituents is 1. The van der Waals surface area contributed by atoms with Crippen LogP contribution in [0.5, 0.6) is 0 Å². The lowest BCUT2D eigenvalue weighted by molar-refractivity contribution is -0.385. The molecule has 8 heteroatoms. The fourth-order valence-corrected chi connectivity index (χ4v) is 2.04. The molecule has 20 heavy (non-hydrogen) atoms. The van der Waals surface area contributed by atoms with Crippen LogP contribution in [0.25, 0.3) is 0 Å². The molecule has 0 aliphatic carbocycles. The molecule has 102 valence electrons. The van der Waals surface area contributed by atoms with E-state index < -0.39 is 10.8 Å². The van der Waals surface area contributed by atoms with Gasteiger partial charge in [0.15, 0.2) is 0 Å². The molecule has 0 bridgehead atoms. The zero-order valence-electron chi connectivity index (χ0n) is 9.84. The molecule has 1 aromatic heterocycles. The first-order chi connectivity index (χ1) is 9.49. The maximum atomic E-state index is 12.1. The van der Waals surface area contributed by atoms with Crippen LogP contribution >= 0.6 is 27.5 Å².